The van der Waals surface area contributed by atoms with E-state index in [0.29, 0.717) is 42.4 Å². The molecule has 34 heavy (non-hydrogen) atoms. The molecule has 0 bridgehead atoms. The third-order valence-electron chi connectivity index (χ3n) is 5.95. The molecule has 0 aromatic heterocycles. The number of ether oxygens (including phenoxy) is 4. The van der Waals surface area contributed by atoms with E-state index in [1.165, 1.54) is 7.11 Å². The van der Waals surface area contributed by atoms with Crippen molar-refractivity contribution in [3.63, 3.8) is 0 Å². The van der Waals surface area contributed by atoms with Gasteiger partial charge in [0.15, 0.2) is 18.1 Å². The Morgan fingerprint density at radius 1 is 1.24 bits per heavy atom. The molecule has 2 aliphatic rings. The SMILES string of the molecule is COC(=O)Nc1cccc(C(CN2CC[C@H](O)C2)N(C)C(=O)COc2ccc3c(c2)OCO3)c1. The van der Waals surface area contributed by atoms with E-state index in [-0.39, 0.29) is 31.5 Å². The van der Waals surface area contributed by atoms with Gasteiger partial charge in [0.05, 0.1) is 19.3 Å². The molecule has 2 amide bonds. The maximum absolute atomic E-state index is 13.1. The molecule has 0 aliphatic carbocycles. The molecule has 10 heteroatoms. The highest BCUT2D eigenvalue weighted by Crippen LogP contribution is 2.35. The number of likely N-dealkylation sites (N-methyl/N-ethyl adjacent to an activating group) is 1. The Labute approximate surface area is 197 Å². The summed E-state index contributed by atoms with van der Waals surface area (Å²) in [6.45, 7) is 1.83. The summed E-state index contributed by atoms with van der Waals surface area (Å²) in [4.78, 5) is 28.5. The van der Waals surface area contributed by atoms with E-state index in [4.69, 9.17) is 14.2 Å². The average molecular weight is 472 g/mol. The number of aliphatic hydroxyl groups is 1. The number of carbonyl (C=O) groups is 2. The normalized spacial score (nSPS) is 17.8. The lowest BCUT2D eigenvalue weighted by Crippen LogP contribution is -2.41. The molecular weight excluding hydrogens is 442 g/mol. The number of likely N-dealkylation sites (tertiary alicyclic amines) is 1. The summed E-state index contributed by atoms with van der Waals surface area (Å²) in [5.41, 5.74) is 1.41. The molecule has 1 saturated heterocycles. The number of fused-ring (bicyclic) bond motifs is 1. The van der Waals surface area contributed by atoms with E-state index >= 15 is 0 Å². The van der Waals surface area contributed by atoms with Crippen molar-refractivity contribution in [1.29, 1.82) is 0 Å². The first-order chi connectivity index (χ1) is 16.4. The van der Waals surface area contributed by atoms with Crippen LogP contribution in [0.5, 0.6) is 17.2 Å². The minimum atomic E-state index is -0.571. The zero-order chi connectivity index (χ0) is 24.1. The highest BCUT2D eigenvalue weighted by atomic mass is 16.7. The molecule has 1 fully saturated rings. The lowest BCUT2D eigenvalue weighted by molar-refractivity contribution is -0.134. The number of anilines is 1. The molecule has 10 nitrogen and oxygen atoms in total. The molecular formula is C24H29N3O7. The van der Waals surface area contributed by atoms with Crippen molar-refractivity contribution >= 4 is 17.7 Å². The Morgan fingerprint density at radius 3 is 2.82 bits per heavy atom. The number of hydrogen-bond acceptors (Lipinski definition) is 8. The minimum absolute atomic E-state index is 0.157. The van der Waals surface area contributed by atoms with Crippen LogP contribution < -0.4 is 19.5 Å². The fourth-order valence-electron chi connectivity index (χ4n) is 4.05. The summed E-state index contributed by atoms with van der Waals surface area (Å²) in [6, 6.07) is 12.1. The van der Waals surface area contributed by atoms with E-state index in [1.54, 1.807) is 36.2 Å². The quantitative estimate of drug-likeness (QED) is 0.603. The molecule has 0 saturated carbocycles. The predicted molar refractivity (Wildman–Crippen MR) is 123 cm³/mol. The van der Waals surface area contributed by atoms with Gasteiger partial charge in [0, 0.05) is 38.4 Å². The summed E-state index contributed by atoms with van der Waals surface area (Å²) >= 11 is 0. The van der Waals surface area contributed by atoms with Crippen LogP contribution in [0.1, 0.15) is 18.0 Å². The lowest BCUT2D eigenvalue weighted by atomic mass is 10.0. The van der Waals surface area contributed by atoms with Gasteiger partial charge in [-0.3, -0.25) is 15.0 Å². The third kappa shape index (κ3) is 5.70. The molecule has 2 atom stereocenters. The standard InChI is InChI=1S/C24H29N3O7/c1-26(23(29)14-32-19-6-7-21-22(11-19)34-15-33-21)20(13-27-9-8-18(28)12-27)16-4-3-5-17(10-16)25-24(30)31-2/h3-7,10-11,18,20,28H,8-9,12-15H2,1-2H3,(H,25,30)/t18-,20?/m0/s1. The highest BCUT2D eigenvalue weighted by Gasteiger charge is 2.28. The molecule has 2 heterocycles. The second kappa shape index (κ2) is 10.6. The number of rotatable bonds is 8. The van der Waals surface area contributed by atoms with Gasteiger partial charge in [-0.05, 0) is 36.2 Å². The first-order valence-corrected chi connectivity index (χ1v) is 11.1. The van der Waals surface area contributed by atoms with Crippen molar-refractivity contribution in [1.82, 2.24) is 9.80 Å². The smallest absolute Gasteiger partial charge is 0.411 e. The summed E-state index contributed by atoms with van der Waals surface area (Å²) in [7, 11) is 3.02. The first-order valence-electron chi connectivity index (χ1n) is 11.1. The van der Waals surface area contributed by atoms with Gasteiger partial charge in [-0.2, -0.15) is 0 Å². The number of methoxy groups -OCH3 is 1. The fourth-order valence-corrected chi connectivity index (χ4v) is 4.05. The van der Waals surface area contributed by atoms with Crippen molar-refractivity contribution in [2.45, 2.75) is 18.6 Å². The van der Waals surface area contributed by atoms with Crippen LogP contribution in [-0.4, -0.2) is 80.2 Å². The van der Waals surface area contributed by atoms with Crippen LogP contribution >= 0.6 is 0 Å². The predicted octanol–water partition coefficient (Wildman–Crippen LogP) is 2.24. The van der Waals surface area contributed by atoms with Crippen LogP contribution in [0.25, 0.3) is 0 Å². The van der Waals surface area contributed by atoms with Gasteiger partial charge < -0.3 is 29.0 Å². The van der Waals surface area contributed by atoms with Crippen LogP contribution in [0, 0.1) is 0 Å². The average Bonchev–Trinajstić information content (AvgIpc) is 3.48. The molecule has 2 aliphatic heterocycles. The van der Waals surface area contributed by atoms with Crippen LogP contribution in [0.2, 0.25) is 0 Å². The monoisotopic (exact) mass is 471 g/mol. The number of benzene rings is 2. The summed E-state index contributed by atoms with van der Waals surface area (Å²) in [6.07, 6.45) is -0.247. The second-order valence-corrected chi connectivity index (χ2v) is 8.27. The van der Waals surface area contributed by atoms with Gasteiger partial charge in [-0.25, -0.2) is 4.79 Å². The maximum atomic E-state index is 13.1. The van der Waals surface area contributed by atoms with E-state index in [9.17, 15) is 14.7 Å². The zero-order valence-corrected chi connectivity index (χ0v) is 19.2. The van der Waals surface area contributed by atoms with E-state index in [0.717, 1.165) is 12.1 Å². The molecule has 0 spiro atoms. The van der Waals surface area contributed by atoms with Gasteiger partial charge in [0.25, 0.3) is 5.91 Å². The van der Waals surface area contributed by atoms with Gasteiger partial charge in [-0.15, -0.1) is 0 Å². The Balaban J connectivity index is 1.47. The third-order valence-corrected chi connectivity index (χ3v) is 5.95. The first kappa shape index (κ1) is 23.7. The largest absolute Gasteiger partial charge is 0.484 e. The number of β-amino-alcohol motifs (C(OH)–C–C–N with tert-alkyl or cyclic N) is 1. The Hall–Kier alpha value is -3.50. The van der Waals surface area contributed by atoms with Crippen LogP contribution in [-0.2, 0) is 9.53 Å². The molecule has 4 rings (SSSR count). The van der Waals surface area contributed by atoms with Crippen LogP contribution in [0.3, 0.4) is 0 Å². The van der Waals surface area contributed by atoms with E-state index < -0.39 is 6.09 Å². The van der Waals surface area contributed by atoms with Crippen molar-refractivity contribution < 1.29 is 33.6 Å². The number of amides is 2. The Morgan fingerprint density at radius 2 is 2.06 bits per heavy atom. The van der Waals surface area contributed by atoms with Gasteiger partial charge in [0.2, 0.25) is 6.79 Å². The Kier molecular flexibility index (Phi) is 7.39. The molecule has 2 aromatic rings. The van der Waals surface area contributed by atoms with E-state index in [2.05, 4.69) is 15.0 Å². The van der Waals surface area contributed by atoms with Crippen molar-refractivity contribution in [3.05, 3.63) is 48.0 Å². The summed E-state index contributed by atoms with van der Waals surface area (Å²) in [5, 5.41) is 12.6. The molecule has 182 valence electrons. The van der Waals surface area contributed by atoms with Crippen molar-refractivity contribution in [2.75, 3.05) is 52.5 Å². The van der Waals surface area contributed by atoms with Crippen LogP contribution in [0.4, 0.5) is 10.5 Å². The molecule has 1 unspecified atom stereocenters. The molecule has 2 aromatic carbocycles. The Bertz CT molecular complexity index is 1030. The molecule has 0 radical (unpaired) electrons. The number of aliphatic hydroxyl groups excluding tert-OH is 1. The second-order valence-electron chi connectivity index (χ2n) is 8.27. The number of carbonyl (C=O) groups excluding carboxylic acids is 2. The summed E-state index contributed by atoms with van der Waals surface area (Å²) < 4.78 is 21.1. The number of nitrogens with zero attached hydrogens (tertiary/aromatic N) is 2. The zero-order valence-electron chi connectivity index (χ0n) is 19.2. The maximum Gasteiger partial charge on any atom is 0.411 e. The molecule has 2 N–H and O–H groups in total. The van der Waals surface area contributed by atoms with E-state index in [1.807, 2.05) is 18.2 Å². The van der Waals surface area contributed by atoms with Crippen molar-refractivity contribution in [3.8, 4) is 17.2 Å². The summed E-state index contributed by atoms with van der Waals surface area (Å²) in [5.74, 6) is 1.52. The van der Waals surface area contributed by atoms with Gasteiger partial charge in [-0.1, -0.05) is 12.1 Å². The lowest BCUT2D eigenvalue weighted by Gasteiger charge is -2.32. The number of hydrogen-bond donors (Lipinski definition) is 2. The van der Waals surface area contributed by atoms with Crippen molar-refractivity contribution in [2.24, 2.45) is 0 Å². The topological polar surface area (TPSA) is 110 Å². The number of nitrogens with one attached hydrogen (secondary N) is 1. The highest BCUT2D eigenvalue weighted by molar-refractivity contribution is 5.84. The minimum Gasteiger partial charge on any atom is -0.484 e. The fraction of sp³-hybridized carbons (Fsp3) is 0.417. The van der Waals surface area contributed by atoms with Gasteiger partial charge in [0.1, 0.15) is 5.75 Å². The van der Waals surface area contributed by atoms with Crippen LogP contribution in [0.15, 0.2) is 42.5 Å². The van der Waals surface area contributed by atoms with Gasteiger partial charge >= 0.3 is 6.09 Å².